The fourth-order valence-corrected chi connectivity index (χ4v) is 4.44. The van der Waals surface area contributed by atoms with Gasteiger partial charge in [-0.1, -0.05) is 36.4 Å². The SMILES string of the molecule is COc1ccc(OC)c(/C=C2/SC(=Nc3ccccc3C)N(c3ccccc3C)C2=O)c1. The molecular weight excluding hydrogens is 420 g/mol. The summed E-state index contributed by atoms with van der Waals surface area (Å²) in [4.78, 5) is 20.7. The molecule has 0 unspecified atom stereocenters. The molecule has 3 aromatic carbocycles. The highest BCUT2D eigenvalue weighted by Crippen LogP contribution is 2.40. The van der Waals surface area contributed by atoms with Crippen LogP contribution in [0.2, 0.25) is 0 Å². The smallest absolute Gasteiger partial charge is 0.271 e. The van der Waals surface area contributed by atoms with E-state index in [1.54, 1.807) is 19.1 Å². The van der Waals surface area contributed by atoms with Crippen LogP contribution >= 0.6 is 11.8 Å². The summed E-state index contributed by atoms with van der Waals surface area (Å²) in [6.45, 7) is 4.00. The summed E-state index contributed by atoms with van der Waals surface area (Å²) >= 11 is 1.35. The molecule has 3 aromatic rings. The predicted octanol–water partition coefficient (Wildman–Crippen LogP) is 6.13. The Labute approximate surface area is 192 Å². The van der Waals surface area contributed by atoms with E-state index in [2.05, 4.69) is 0 Å². The molecule has 1 heterocycles. The molecule has 0 radical (unpaired) electrons. The Morgan fingerprint density at radius 1 is 0.906 bits per heavy atom. The van der Waals surface area contributed by atoms with E-state index in [1.807, 2.05) is 86.7 Å². The van der Waals surface area contributed by atoms with Crippen molar-refractivity contribution in [2.24, 2.45) is 4.99 Å². The van der Waals surface area contributed by atoms with Crippen molar-refractivity contribution in [2.75, 3.05) is 19.1 Å². The molecule has 0 aromatic heterocycles. The topological polar surface area (TPSA) is 51.1 Å². The van der Waals surface area contributed by atoms with Crippen molar-refractivity contribution in [3.8, 4) is 11.5 Å². The highest BCUT2D eigenvalue weighted by atomic mass is 32.2. The van der Waals surface area contributed by atoms with E-state index in [4.69, 9.17) is 14.5 Å². The minimum atomic E-state index is -0.124. The van der Waals surface area contributed by atoms with E-state index in [0.717, 1.165) is 28.1 Å². The summed E-state index contributed by atoms with van der Waals surface area (Å²) in [7, 11) is 3.22. The maximum Gasteiger partial charge on any atom is 0.271 e. The molecule has 0 aliphatic carbocycles. The predicted molar refractivity (Wildman–Crippen MR) is 132 cm³/mol. The molecule has 5 nitrogen and oxygen atoms in total. The van der Waals surface area contributed by atoms with Crippen molar-refractivity contribution < 1.29 is 14.3 Å². The van der Waals surface area contributed by atoms with Crippen molar-refractivity contribution in [1.82, 2.24) is 0 Å². The Morgan fingerprint density at radius 3 is 2.31 bits per heavy atom. The van der Waals surface area contributed by atoms with Gasteiger partial charge in [-0.15, -0.1) is 0 Å². The van der Waals surface area contributed by atoms with Crippen molar-refractivity contribution in [2.45, 2.75) is 13.8 Å². The maximum atomic E-state index is 13.6. The van der Waals surface area contributed by atoms with Crippen LogP contribution in [0.25, 0.3) is 6.08 Å². The molecule has 1 saturated heterocycles. The van der Waals surface area contributed by atoms with Crippen molar-refractivity contribution >= 4 is 40.3 Å². The first kappa shape index (κ1) is 21.7. The molecule has 162 valence electrons. The molecule has 1 fully saturated rings. The maximum absolute atomic E-state index is 13.6. The van der Waals surface area contributed by atoms with Gasteiger partial charge in [-0.05, 0) is 73.1 Å². The number of anilines is 1. The first-order chi connectivity index (χ1) is 15.5. The van der Waals surface area contributed by atoms with E-state index in [1.165, 1.54) is 11.8 Å². The molecule has 0 N–H and O–H groups in total. The van der Waals surface area contributed by atoms with Crippen LogP contribution in [0.4, 0.5) is 11.4 Å². The molecule has 0 atom stereocenters. The van der Waals surface area contributed by atoms with Gasteiger partial charge in [0.2, 0.25) is 0 Å². The summed E-state index contributed by atoms with van der Waals surface area (Å²) in [5.74, 6) is 1.23. The Morgan fingerprint density at radius 2 is 1.62 bits per heavy atom. The van der Waals surface area contributed by atoms with E-state index in [-0.39, 0.29) is 5.91 Å². The minimum absolute atomic E-state index is 0.124. The van der Waals surface area contributed by atoms with Crippen LogP contribution in [-0.4, -0.2) is 25.3 Å². The molecule has 1 aliphatic rings. The molecule has 4 rings (SSSR count). The first-order valence-electron chi connectivity index (χ1n) is 10.2. The standard InChI is InChI=1S/C26H24N2O3S/c1-17-9-5-7-11-21(17)27-26-28(22-12-8-6-10-18(22)2)25(29)24(32-26)16-19-15-20(30-3)13-14-23(19)31-4/h5-16H,1-4H3/b24-16+,27-26?. The van der Waals surface area contributed by atoms with Crippen molar-refractivity contribution in [3.63, 3.8) is 0 Å². The lowest BCUT2D eigenvalue weighted by Crippen LogP contribution is -2.29. The largest absolute Gasteiger partial charge is 0.497 e. The Bertz CT molecular complexity index is 1230. The number of para-hydroxylation sites is 2. The molecule has 1 amide bonds. The zero-order chi connectivity index (χ0) is 22.7. The Balaban J connectivity index is 1.84. The second-order valence-electron chi connectivity index (χ2n) is 7.33. The lowest BCUT2D eigenvalue weighted by atomic mass is 10.1. The number of hydrogen-bond donors (Lipinski definition) is 0. The van der Waals surface area contributed by atoms with Crippen molar-refractivity contribution in [3.05, 3.63) is 88.3 Å². The third-order valence-corrected chi connectivity index (χ3v) is 6.19. The van der Waals surface area contributed by atoms with Crippen molar-refractivity contribution in [1.29, 1.82) is 0 Å². The molecule has 32 heavy (non-hydrogen) atoms. The monoisotopic (exact) mass is 444 g/mol. The van der Waals surface area contributed by atoms with E-state index < -0.39 is 0 Å². The summed E-state index contributed by atoms with van der Waals surface area (Å²) in [6.07, 6.45) is 1.83. The number of thioether (sulfide) groups is 1. The average molecular weight is 445 g/mol. The van der Waals surface area contributed by atoms with Gasteiger partial charge in [-0.2, -0.15) is 0 Å². The van der Waals surface area contributed by atoms with Crippen LogP contribution in [-0.2, 0) is 4.79 Å². The number of amidine groups is 1. The second-order valence-corrected chi connectivity index (χ2v) is 8.34. The number of ether oxygens (including phenoxy) is 2. The zero-order valence-corrected chi connectivity index (χ0v) is 19.3. The summed E-state index contributed by atoms with van der Waals surface area (Å²) < 4.78 is 10.8. The molecule has 1 aliphatic heterocycles. The lowest BCUT2D eigenvalue weighted by Gasteiger charge is -2.18. The molecule has 0 saturated carbocycles. The van der Waals surface area contributed by atoms with Gasteiger partial charge in [0.15, 0.2) is 5.17 Å². The van der Waals surface area contributed by atoms with Crippen LogP contribution in [0.5, 0.6) is 11.5 Å². The van der Waals surface area contributed by atoms with Crippen LogP contribution in [0.15, 0.2) is 76.6 Å². The Kier molecular flexibility index (Phi) is 6.32. The van der Waals surface area contributed by atoms with Gasteiger partial charge in [0.1, 0.15) is 11.5 Å². The third-order valence-electron chi connectivity index (χ3n) is 5.22. The molecule has 0 bridgehead atoms. The van der Waals surface area contributed by atoms with Gasteiger partial charge >= 0.3 is 0 Å². The number of nitrogens with zero attached hydrogens (tertiary/aromatic N) is 2. The fraction of sp³-hybridized carbons (Fsp3) is 0.154. The van der Waals surface area contributed by atoms with E-state index >= 15 is 0 Å². The second kappa shape index (κ2) is 9.32. The van der Waals surface area contributed by atoms with Gasteiger partial charge in [0.05, 0.1) is 30.5 Å². The number of aliphatic imine (C=N–C) groups is 1. The first-order valence-corrected chi connectivity index (χ1v) is 11.0. The highest BCUT2D eigenvalue weighted by Gasteiger charge is 2.35. The van der Waals surface area contributed by atoms with E-state index in [0.29, 0.717) is 21.6 Å². The quantitative estimate of drug-likeness (QED) is 0.444. The molecule has 6 heteroatoms. The van der Waals surface area contributed by atoms with Gasteiger partial charge in [-0.25, -0.2) is 4.99 Å². The molecule has 0 spiro atoms. The van der Waals surface area contributed by atoms with Gasteiger partial charge in [0, 0.05) is 5.56 Å². The number of hydrogen-bond acceptors (Lipinski definition) is 5. The van der Waals surface area contributed by atoms with Crippen LogP contribution in [0, 0.1) is 13.8 Å². The highest BCUT2D eigenvalue weighted by molar-refractivity contribution is 8.19. The van der Waals surface area contributed by atoms with Gasteiger partial charge < -0.3 is 9.47 Å². The number of amides is 1. The van der Waals surface area contributed by atoms with E-state index in [9.17, 15) is 4.79 Å². The van der Waals surface area contributed by atoms with Crippen LogP contribution in [0.1, 0.15) is 16.7 Å². The average Bonchev–Trinajstić information content (AvgIpc) is 3.10. The summed E-state index contributed by atoms with van der Waals surface area (Å²) in [5.41, 5.74) is 4.47. The Hall–Kier alpha value is -3.51. The fourth-order valence-electron chi connectivity index (χ4n) is 3.46. The summed E-state index contributed by atoms with van der Waals surface area (Å²) in [5, 5.41) is 0.617. The number of carbonyl (C=O) groups is 1. The molecular formula is C26H24N2O3S. The number of carbonyl (C=O) groups excluding carboxylic acids is 1. The lowest BCUT2D eigenvalue weighted by molar-refractivity contribution is -0.113. The van der Waals surface area contributed by atoms with Crippen LogP contribution in [0.3, 0.4) is 0 Å². The van der Waals surface area contributed by atoms with Crippen LogP contribution < -0.4 is 14.4 Å². The third kappa shape index (κ3) is 4.27. The summed E-state index contributed by atoms with van der Waals surface area (Å²) in [6, 6.07) is 21.2. The number of rotatable bonds is 5. The van der Waals surface area contributed by atoms with Gasteiger partial charge in [0.25, 0.3) is 5.91 Å². The number of aryl methyl sites for hydroxylation is 2. The van der Waals surface area contributed by atoms with Gasteiger partial charge in [-0.3, -0.25) is 9.69 Å². The number of methoxy groups -OCH3 is 2. The normalized spacial score (nSPS) is 16.1. The zero-order valence-electron chi connectivity index (χ0n) is 18.5. The number of benzene rings is 3. The minimum Gasteiger partial charge on any atom is -0.497 e.